The molecule has 6 heteroatoms. The van der Waals surface area contributed by atoms with Crippen molar-refractivity contribution < 1.29 is 18.4 Å². The minimum atomic E-state index is -1.28. The third-order valence-corrected chi connectivity index (χ3v) is 4.44. The van der Waals surface area contributed by atoms with Gasteiger partial charge in [-0.1, -0.05) is 66.7 Å². The van der Waals surface area contributed by atoms with E-state index >= 15 is 0 Å². The topological polar surface area (TPSA) is 72.2 Å². The van der Waals surface area contributed by atoms with Gasteiger partial charge >= 0.3 is 0 Å². The Morgan fingerprint density at radius 1 is 0.786 bits per heavy atom. The number of halogens is 2. The molecule has 0 bridgehead atoms. The molecule has 3 aromatic carbocycles. The molecule has 0 unspecified atom stereocenters. The van der Waals surface area contributed by atoms with Crippen molar-refractivity contribution in [2.45, 2.75) is 12.0 Å². The van der Waals surface area contributed by atoms with E-state index in [2.05, 4.69) is 5.32 Å². The quantitative estimate of drug-likeness (QED) is 0.688. The van der Waals surface area contributed by atoms with Crippen LogP contribution in [0.2, 0.25) is 0 Å². The first kappa shape index (κ1) is 19.2. The van der Waals surface area contributed by atoms with Crippen molar-refractivity contribution in [3.05, 3.63) is 107 Å². The molecule has 1 atom stereocenters. The third kappa shape index (κ3) is 4.06. The highest BCUT2D eigenvalue weighted by atomic mass is 19.2. The van der Waals surface area contributed by atoms with E-state index < -0.39 is 41.0 Å². The SMILES string of the molecule is NC(=O)[C@@H](NC(=O)c1cccc(F)c1F)C(c1ccccc1)c1ccccc1. The van der Waals surface area contributed by atoms with Crippen LogP contribution in [0.15, 0.2) is 78.9 Å². The van der Waals surface area contributed by atoms with Crippen LogP contribution in [0.4, 0.5) is 8.78 Å². The predicted molar refractivity (Wildman–Crippen MR) is 102 cm³/mol. The molecule has 0 fully saturated rings. The lowest BCUT2D eigenvalue weighted by molar-refractivity contribution is -0.120. The molecule has 0 aliphatic carbocycles. The fourth-order valence-corrected chi connectivity index (χ4v) is 3.11. The molecule has 3 aromatic rings. The molecular formula is C22H18F2N2O2. The Balaban J connectivity index is 2.01. The monoisotopic (exact) mass is 380 g/mol. The average molecular weight is 380 g/mol. The van der Waals surface area contributed by atoms with Gasteiger partial charge in [-0.2, -0.15) is 0 Å². The maximum Gasteiger partial charge on any atom is 0.255 e. The van der Waals surface area contributed by atoms with E-state index in [9.17, 15) is 18.4 Å². The lowest BCUT2D eigenvalue weighted by atomic mass is 9.84. The van der Waals surface area contributed by atoms with E-state index in [1.54, 1.807) is 24.3 Å². The standard InChI is InChI=1S/C22H18F2N2O2/c23-17-13-7-12-16(19(17)24)22(28)26-20(21(25)27)18(14-8-3-1-4-9-14)15-10-5-2-6-11-15/h1-13,18,20H,(H2,25,27)(H,26,28)/t20-/m0/s1. The number of carbonyl (C=O) groups excluding carboxylic acids is 2. The van der Waals surface area contributed by atoms with Crippen LogP contribution in [0.5, 0.6) is 0 Å². The summed E-state index contributed by atoms with van der Waals surface area (Å²) in [5.74, 6) is -4.73. The van der Waals surface area contributed by atoms with Crippen LogP contribution in [0.1, 0.15) is 27.4 Å². The number of primary amides is 1. The first-order valence-corrected chi connectivity index (χ1v) is 8.63. The summed E-state index contributed by atoms with van der Waals surface area (Å²) >= 11 is 0. The van der Waals surface area contributed by atoms with E-state index in [1.165, 1.54) is 6.07 Å². The van der Waals surface area contributed by atoms with E-state index in [-0.39, 0.29) is 0 Å². The number of nitrogens with two attached hydrogens (primary N) is 1. The van der Waals surface area contributed by atoms with Crippen molar-refractivity contribution in [1.82, 2.24) is 5.32 Å². The molecule has 3 rings (SSSR count). The lowest BCUT2D eigenvalue weighted by Gasteiger charge is -2.27. The lowest BCUT2D eigenvalue weighted by Crippen LogP contribution is -2.48. The normalized spacial score (nSPS) is 11.8. The Morgan fingerprint density at radius 2 is 1.32 bits per heavy atom. The fourth-order valence-electron chi connectivity index (χ4n) is 3.11. The van der Waals surface area contributed by atoms with Gasteiger partial charge in [0.2, 0.25) is 5.91 Å². The second-order valence-corrected chi connectivity index (χ2v) is 6.25. The number of carbonyl (C=O) groups is 2. The second kappa shape index (κ2) is 8.43. The summed E-state index contributed by atoms with van der Waals surface area (Å²) in [5.41, 5.74) is 6.59. The number of benzene rings is 3. The van der Waals surface area contributed by atoms with Crippen LogP contribution in [-0.4, -0.2) is 17.9 Å². The Labute approximate surface area is 161 Å². The zero-order chi connectivity index (χ0) is 20.1. The van der Waals surface area contributed by atoms with Gasteiger partial charge in [-0.25, -0.2) is 8.78 Å². The molecule has 0 radical (unpaired) electrons. The molecule has 0 aliphatic rings. The summed E-state index contributed by atoms with van der Waals surface area (Å²) in [6, 6.07) is 20.2. The highest BCUT2D eigenvalue weighted by molar-refractivity contribution is 5.98. The number of hydrogen-bond donors (Lipinski definition) is 2. The van der Waals surface area contributed by atoms with Crippen LogP contribution < -0.4 is 11.1 Å². The minimum absolute atomic E-state index is 0.494. The van der Waals surface area contributed by atoms with Gasteiger partial charge in [0.1, 0.15) is 6.04 Å². The Kier molecular flexibility index (Phi) is 5.79. The first-order valence-electron chi connectivity index (χ1n) is 8.63. The molecule has 28 heavy (non-hydrogen) atoms. The predicted octanol–water partition coefficient (Wildman–Crippen LogP) is 3.38. The number of amides is 2. The molecule has 142 valence electrons. The second-order valence-electron chi connectivity index (χ2n) is 6.25. The zero-order valence-electron chi connectivity index (χ0n) is 14.8. The Hall–Kier alpha value is -3.54. The minimum Gasteiger partial charge on any atom is -0.368 e. The molecule has 0 heterocycles. The van der Waals surface area contributed by atoms with Gasteiger partial charge in [0.15, 0.2) is 11.6 Å². The Morgan fingerprint density at radius 3 is 1.82 bits per heavy atom. The van der Waals surface area contributed by atoms with Crippen molar-refractivity contribution >= 4 is 11.8 Å². The zero-order valence-corrected chi connectivity index (χ0v) is 14.8. The summed E-state index contributed by atoms with van der Waals surface area (Å²) < 4.78 is 27.5. The van der Waals surface area contributed by atoms with Gasteiger partial charge in [0.05, 0.1) is 5.56 Å². The van der Waals surface area contributed by atoms with Crippen LogP contribution in [0.25, 0.3) is 0 Å². The van der Waals surface area contributed by atoms with Gasteiger partial charge in [-0.3, -0.25) is 9.59 Å². The molecule has 3 N–H and O–H groups in total. The van der Waals surface area contributed by atoms with Gasteiger partial charge in [0, 0.05) is 5.92 Å². The summed E-state index contributed by atoms with van der Waals surface area (Å²) in [5, 5.41) is 2.48. The molecule has 0 aromatic heterocycles. The van der Waals surface area contributed by atoms with E-state index in [4.69, 9.17) is 5.73 Å². The van der Waals surface area contributed by atoms with Gasteiger partial charge in [0.25, 0.3) is 5.91 Å². The molecular weight excluding hydrogens is 362 g/mol. The van der Waals surface area contributed by atoms with Crippen molar-refractivity contribution in [2.75, 3.05) is 0 Å². The van der Waals surface area contributed by atoms with Crippen LogP contribution in [-0.2, 0) is 4.79 Å². The maximum absolute atomic E-state index is 14.0. The van der Waals surface area contributed by atoms with E-state index in [1.807, 2.05) is 36.4 Å². The molecule has 0 saturated carbocycles. The van der Waals surface area contributed by atoms with E-state index in [0.717, 1.165) is 23.3 Å². The first-order chi connectivity index (χ1) is 13.5. The summed E-state index contributed by atoms with van der Waals surface area (Å²) in [4.78, 5) is 24.8. The van der Waals surface area contributed by atoms with Crippen LogP contribution >= 0.6 is 0 Å². The maximum atomic E-state index is 14.0. The molecule has 4 nitrogen and oxygen atoms in total. The third-order valence-electron chi connectivity index (χ3n) is 4.44. The van der Waals surface area contributed by atoms with Gasteiger partial charge in [-0.15, -0.1) is 0 Å². The van der Waals surface area contributed by atoms with Gasteiger partial charge < -0.3 is 11.1 Å². The van der Waals surface area contributed by atoms with E-state index in [0.29, 0.717) is 0 Å². The average Bonchev–Trinajstić information content (AvgIpc) is 2.71. The number of hydrogen-bond acceptors (Lipinski definition) is 2. The van der Waals surface area contributed by atoms with Crippen molar-refractivity contribution in [3.63, 3.8) is 0 Å². The summed E-state index contributed by atoms with van der Waals surface area (Å²) in [7, 11) is 0. The van der Waals surface area contributed by atoms with Crippen molar-refractivity contribution in [2.24, 2.45) is 5.73 Å². The number of nitrogens with one attached hydrogen (secondary N) is 1. The molecule has 0 aliphatic heterocycles. The largest absolute Gasteiger partial charge is 0.368 e. The number of rotatable bonds is 6. The molecule has 2 amide bonds. The van der Waals surface area contributed by atoms with Crippen molar-refractivity contribution in [1.29, 1.82) is 0 Å². The van der Waals surface area contributed by atoms with Gasteiger partial charge in [-0.05, 0) is 23.3 Å². The Bertz CT molecular complexity index is 939. The highest BCUT2D eigenvalue weighted by Crippen LogP contribution is 2.28. The smallest absolute Gasteiger partial charge is 0.255 e. The van der Waals surface area contributed by atoms with Crippen LogP contribution in [0, 0.1) is 11.6 Å². The fraction of sp³-hybridized carbons (Fsp3) is 0.0909. The highest BCUT2D eigenvalue weighted by Gasteiger charge is 2.32. The molecule has 0 saturated heterocycles. The summed E-state index contributed by atoms with van der Waals surface area (Å²) in [6.45, 7) is 0. The summed E-state index contributed by atoms with van der Waals surface area (Å²) in [6.07, 6.45) is 0. The van der Waals surface area contributed by atoms with Crippen LogP contribution in [0.3, 0.4) is 0 Å². The molecule has 0 spiro atoms. The van der Waals surface area contributed by atoms with Crippen molar-refractivity contribution in [3.8, 4) is 0 Å².